The minimum Gasteiger partial charge on any atom is -0.344 e. The molecule has 0 aliphatic heterocycles. The van der Waals surface area contributed by atoms with Gasteiger partial charge in [0.15, 0.2) is 0 Å². The lowest BCUT2D eigenvalue weighted by atomic mass is 10.0. The number of hydrogen-bond acceptors (Lipinski definition) is 4. The molecule has 1 aromatic heterocycles. The van der Waals surface area contributed by atoms with Crippen molar-refractivity contribution in [3.05, 3.63) is 82.3 Å². The first kappa shape index (κ1) is 22.9. The molecule has 2 aromatic carbocycles. The Morgan fingerprint density at radius 1 is 1.03 bits per heavy atom. The Morgan fingerprint density at radius 2 is 1.78 bits per heavy atom. The average Bonchev–Trinajstić information content (AvgIpc) is 2.77. The van der Waals surface area contributed by atoms with E-state index in [0.717, 1.165) is 5.56 Å². The molecule has 32 heavy (non-hydrogen) atoms. The van der Waals surface area contributed by atoms with Crippen LogP contribution in [-0.2, 0) is 22.4 Å². The topological polar surface area (TPSA) is 104 Å². The first-order chi connectivity index (χ1) is 15.4. The molecule has 0 bridgehead atoms. The molecular weight excluding hydrogens is 404 g/mol. The average molecular weight is 433 g/mol. The van der Waals surface area contributed by atoms with E-state index >= 15 is 0 Å². The van der Waals surface area contributed by atoms with Crippen molar-refractivity contribution in [1.29, 1.82) is 0 Å². The predicted molar refractivity (Wildman–Crippen MR) is 125 cm³/mol. The van der Waals surface area contributed by atoms with E-state index in [4.69, 9.17) is 0 Å². The van der Waals surface area contributed by atoms with Crippen LogP contribution in [0.2, 0.25) is 0 Å². The van der Waals surface area contributed by atoms with Gasteiger partial charge in [-0.2, -0.15) is 0 Å². The van der Waals surface area contributed by atoms with Crippen LogP contribution in [0, 0.1) is 5.92 Å². The molecule has 3 aromatic rings. The van der Waals surface area contributed by atoms with E-state index in [-0.39, 0.29) is 29.7 Å². The number of H-pyrrole nitrogens is 1. The van der Waals surface area contributed by atoms with Gasteiger partial charge >= 0.3 is 0 Å². The van der Waals surface area contributed by atoms with Gasteiger partial charge in [0.1, 0.15) is 11.9 Å². The zero-order chi connectivity index (χ0) is 23.1. The maximum Gasteiger partial charge on any atom is 0.251 e. The molecule has 0 aliphatic carbocycles. The third-order valence-electron chi connectivity index (χ3n) is 5.03. The molecule has 0 fully saturated rings. The predicted octanol–water partition coefficient (Wildman–Crippen LogP) is 3.32. The molecule has 0 radical (unpaired) electrons. The van der Waals surface area contributed by atoms with Crippen LogP contribution in [0.25, 0.3) is 11.4 Å². The van der Waals surface area contributed by atoms with Crippen molar-refractivity contribution in [2.24, 2.45) is 5.92 Å². The molecule has 0 aliphatic rings. The fraction of sp³-hybridized carbons (Fsp3) is 0.280. The summed E-state index contributed by atoms with van der Waals surface area (Å²) in [6, 6.07) is 17.3. The number of nitrogens with zero attached hydrogens (tertiary/aromatic N) is 1. The number of aromatic nitrogens is 2. The summed E-state index contributed by atoms with van der Waals surface area (Å²) in [6.45, 7) is 5.70. The minimum atomic E-state index is -0.684. The normalized spacial score (nSPS) is 11.8. The molecule has 7 heteroatoms. The van der Waals surface area contributed by atoms with E-state index in [1.807, 2.05) is 57.2 Å². The maximum absolute atomic E-state index is 12.9. The second-order valence-corrected chi connectivity index (χ2v) is 7.96. The molecule has 0 saturated heterocycles. The monoisotopic (exact) mass is 432 g/mol. The summed E-state index contributed by atoms with van der Waals surface area (Å²) in [4.78, 5) is 44.5. The van der Waals surface area contributed by atoms with Crippen LogP contribution in [0.15, 0.2) is 65.5 Å². The lowest BCUT2D eigenvalue weighted by Crippen LogP contribution is -2.47. The number of carbonyl (C=O) groups is 2. The highest BCUT2D eigenvalue weighted by Crippen LogP contribution is 2.19. The number of carbonyl (C=O) groups excluding carboxylic acids is 2. The van der Waals surface area contributed by atoms with Gasteiger partial charge in [-0.25, -0.2) is 4.98 Å². The summed E-state index contributed by atoms with van der Waals surface area (Å²) in [5, 5.41) is 5.72. The van der Waals surface area contributed by atoms with Gasteiger partial charge in [-0.05, 0) is 30.0 Å². The molecule has 0 saturated carbocycles. The van der Waals surface area contributed by atoms with Crippen molar-refractivity contribution in [1.82, 2.24) is 15.3 Å². The summed E-state index contributed by atoms with van der Waals surface area (Å²) in [7, 11) is 0. The van der Waals surface area contributed by atoms with Crippen molar-refractivity contribution in [2.45, 2.75) is 39.7 Å². The highest BCUT2D eigenvalue weighted by Gasteiger charge is 2.24. The zero-order valence-electron chi connectivity index (χ0n) is 18.5. The Labute approximate surface area is 187 Å². The summed E-state index contributed by atoms with van der Waals surface area (Å²) in [5.74, 6) is -0.168. The highest BCUT2D eigenvalue weighted by molar-refractivity contribution is 5.98. The number of anilines is 1. The minimum absolute atomic E-state index is 0.0998. The van der Waals surface area contributed by atoms with E-state index in [1.54, 1.807) is 18.2 Å². The quantitative estimate of drug-likeness (QED) is 0.508. The van der Waals surface area contributed by atoms with Gasteiger partial charge < -0.3 is 15.6 Å². The molecule has 166 valence electrons. The number of nitrogens with one attached hydrogen (secondary N) is 3. The number of aromatic amines is 1. The number of benzene rings is 2. The molecule has 1 atom stereocenters. The van der Waals surface area contributed by atoms with Gasteiger partial charge in [0.25, 0.3) is 5.56 Å². The Morgan fingerprint density at radius 3 is 2.47 bits per heavy atom. The summed E-state index contributed by atoms with van der Waals surface area (Å²) >= 11 is 0. The summed E-state index contributed by atoms with van der Waals surface area (Å²) in [6.07, 6.45) is 0.853. The van der Waals surface area contributed by atoms with Crippen LogP contribution in [0.3, 0.4) is 0 Å². The van der Waals surface area contributed by atoms with Crippen LogP contribution >= 0.6 is 0 Å². The fourth-order valence-electron chi connectivity index (χ4n) is 3.33. The number of hydrogen-bond donors (Lipinski definition) is 3. The van der Waals surface area contributed by atoms with E-state index in [0.29, 0.717) is 29.2 Å². The molecule has 3 N–H and O–H groups in total. The first-order valence-electron chi connectivity index (χ1n) is 10.7. The fourth-order valence-corrected chi connectivity index (χ4v) is 3.33. The van der Waals surface area contributed by atoms with Crippen LogP contribution in [0.4, 0.5) is 5.69 Å². The van der Waals surface area contributed by atoms with Gasteiger partial charge in [0.2, 0.25) is 11.8 Å². The molecule has 3 rings (SSSR count). The first-order valence-corrected chi connectivity index (χ1v) is 10.7. The molecule has 1 unspecified atom stereocenters. The third-order valence-corrected chi connectivity index (χ3v) is 5.03. The molecule has 2 amide bonds. The standard InChI is InChI=1S/C25H28N4O3/c1-4-19-15-22(31)29-24(26-19)18-11-8-12-20(14-18)27-25(32)23(16(2)3)28-21(30)13-17-9-6-5-7-10-17/h5-12,14-16,23H,4,13H2,1-3H3,(H,27,32)(H,28,30)(H,26,29,31). The molecule has 0 spiro atoms. The number of rotatable bonds is 8. The van der Waals surface area contributed by atoms with Gasteiger partial charge in [0.05, 0.1) is 6.42 Å². The van der Waals surface area contributed by atoms with Crippen molar-refractivity contribution in [3.8, 4) is 11.4 Å². The van der Waals surface area contributed by atoms with E-state index in [9.17, 15) is 14.4 Å². The smallest absolute Gasteiger partial charge is 0.251 e. The summed E-state index contributed by atoms with van der Waals surface area (Å²) in [5.41, 5.74) is 2.60. The van der Waals surface area contributed by atoms with Crippen LogP contribution in [0.5, 0.6) is 0 Å². The molecular formula is C25H28N4O3. The van der Waals surface area contributed by atoms with Gasteiger partial charge in [-0.1, -0.05) is 63.2 Å². The highest BCUT2D eigenvalue weighted by atomic mass is 16.2. The molecule has 1 heterocycles. The Hall–Kier alpha value is -3.74. The summed E-state index contributed by atoms with van der Waals surface area (Å²) < 4.78 is 0. The van der Waals surface area contributed by atoms with E-state index < -0.39 is 6.04 Å². The van der Waals surface area contributed by atoms with Crippen molar-refractivity contribution >= 4 is 17.5 Å². The lowest BCUT2D eigenvalue weighted by molar-refractivity contribution is -0.127. The Kier molecular flexibility index (Phi) is 7.54. The lowest BCUT2D eigenvalue weighted by Gasteiger charge is -2.22. The van der Waals surface area contributed by atoms with Crippen molar-refractivity contribution in [3.63, 3.8) is 0 Å². The second kappa shape index (κ2) is 10.5. The van der Waals surface area contributed by atoms with Crippen molar-refractivity contribution in [2.75, 3.05) is 5.32 Å². The van der Waals surface area contributed by atoms with Crippen LogP contribution in [-0.4, -0.2) is 27.8 Å². The van der Waals surface area contributed by atoms with Crippen LogP contribution < -0.4 is 16.2 Å². The van der Waals surface area contributed by atoms with Gasteiger partial charge in [0, 0.05) is 23.0 Å². The van der Waals surface area contributed by atoms with Crippen molar-refractivity contribution < 1.29 is 9.59 Å². The third kappa shape index (κ3) is 6.14. The maximum atomic E-state index is 12.9. The largest absolute Gasteiger partial charge is 0.344 e. The van der Waals surface area contributed by atoms with E-state index in [2.05, 4.69) is 20.6 Å². The van der Waals surface area contributed by atoms with Gasteiger partial charge in [-0.15, -0.1) is 0 Å². The SMILES string of the molecule is CCc1cc(=O)[nH]c(-c2cccc(NC(=O)C(NC(=O)Cc3ccccc3)C(C)C)c2)n1. The van der Waals surface area contributed by atoms with Gasteiger partial charge in [-0.3, -0.25) is 14.4 Å². The molecule has 7 nitrogen and oxygen atoms in total. The second-order valence-electron chi connectivity index (χ2n) is 7.96. The Balaban J connectivity index is 1.73. The zero-order valence-corrected chi connectivity index (χ0v) is 18.5. The Bertz CT molecular complexity index is 1140. The van der Waals surface area contributed by atoms with Crippen LogP contribution in [0.1, 0.15) is 32.0 Å². The van der Waals surface area contributed by atoms with E-state index in [1.165, 1.54) is 6.07 Å². The number of amides is 2. The number of aryl methyl sites for hydroxylation is 1.